The molecule has 0 unspecified atom stereocenters. The molecule has 1 saturated heterocycles. The van der Waals surface area contributed by atoms with Crippen molar-refractivity contribution in [1.82, 2.24) is 4.90 Å². The molecule has 1 aromatic carbocycles. The lowest BCUT2D eigenvalue weighted by Crippen LogP contribution is -2.32. The molecule has 1 N–H and O–H groups in total. The van der Waals surface area contributed by atoms with Crippen molar-refractivity contribution in [1.29, 1.82) is 0 Å². The van der Waals surface area contributed by atoms with Gasteiger partial charge in [0.05, 0.1) is 10.9 Å². The van der Waals surface area contributed by atoms with E-state index in [1.54, 1.807) is 13.0 Å². The maximum Gasteiger partial charge on any atom is 0.346 e. The van der Waals surface area contributed by atoms with Crippen molar-refractivity contribution in [2.24, 2.45) is 11.8 Å². The summed E-state index contributed by atoms with van der Waals surface area (Å²) < 4.78 is 0. The van der Waals surface area contributed by atoms with Gasteiger partial charge in [0.15, 0.2) is 0 Å². The first-order valence-electron chi connectivity index (χ1n) is 7.76. The van der Waals surface area contributed by atoms with Crippen LogP contribution in [0.5, 0.6) is 0 Å². The highest BCUT2D eigenvalue weighted by molar-refractivity contribution is 7.16. The number of aryl methyl sites for hydroxylation is 1. The minimum absolute atomic E-state index is 0.0355. The van der Waals surface area contributed by atoms with Crippen LogP contribution < -0.4 is 0 Å². The van der Waals surface area contributed by atoms with E-state index in [1.165, 1.54) is 12.0 Å². The van der Waals surface area contributed by atoms with Crippen molar-refractivity contribution in [3.05, 3.63) is 57.3 Å². The Morgan fingerprint density at radius 3 is 2.65 bits per heavy atom. The molecule has 2 heterocycles. The summed E-state index contributed by atoms with van der Waals surface area (Å²) in [5.41, 5.74) is 1.84. The van der Waals surface area contributed by atoms with Gasteiger partial charge in [-0.05, 0) is 42.4 Å². The third-order valence-electron chi connectivity index (χ3n) is 4.87. The van der Waals surface area contributed by atoms with Gasteiger partial charge in [0.2, 0.25) is 0 Å². The number of likely N-dealkylation sites (tertiary alicyclic amines) is 1. The fraction of sp³-hybridized carbons (Fsp3) is 0.333. The second-order valence-corrected chi connectivity index (χ2v) is 7.45. The fourth-order valence-electron chi connectivity index (χ4n) is 3.69. The van der Waals surface area contributed by atoms with Crippen LogP contribution >= 0.6 is 11.3 Å². The molecule has 1 aromatic heterocycles. The number of rotatable bonds is 3. The van der Waals surface area contributed by atoms with Gasteiger partial charge in [-0.1, -0.05) is 30.3 Å². The predicted octanol–water partition coefficient (Wildman–Crippen LogP) is 3.59. The summed E-state index contributed by atoms with van der Waals surface area (Å²) >= 11 is 1.09. The molecule has 1 saturated carbocycles. The molecule has 3 atom stereocenters. The number of carboxylic acids is 1. The molecule has 2 aliphatic rings. The van der Waals surface area contributed by atoms with Crippen molar-refractivity contribution in [3.63, 3.8) is 0 Å². The summed E-state index contributed by atoms with van der Waals surface area (Å²) in [6.45, 7) is 2.52. The summed E-state index contributed by atoms with van der Waals surface area (Å²) in [5.74, 6) is 0.160. The predicted molar refractivity (Wildman–Crippen MR) is 87.8 cm³/mol. The average Bonchev–Trinajstić information content (AvgIpc) is 3.03. The van der Waals surface area contributed by atoms with E-state index in [0.29, 0.717) is 22.3 Å². The smallest absolute Gasteiger partial charge is 0.346 e. The molecule has 0 spiro atoms. The summed E-state index contributed by atoms with van der Waals surface area (Å²) in [7, 11) is 0. The lowest BCUT2D eigenvalue weighted by molar-refractivity contribution is 0.0697. The van der Waals surface area contributed by atoms with E-state index in [2.05, 4.69) is 12.1 Å². The average molecular weight is 327 g/mol. The van der Waals surface area contributed by atoms with Gasteiger partial charge in [0.25, 0.3) is 5.91 Å². The van der Waals surface area contributed by atoms with Crippen LogP contribution in [0.15, 0.2) is 36.4 Å². The number of piperidine rings is 1. The van der Waals surface area contributed by atoms with Crippen molar-refractivity contribution < 1.29 is 14.7 Å². The lowest BCUT2D eigenvalue weighted by atomic mass is 10.0. The second-order valence-electron chi connectivity index (χ2n) is 6.40. The first kappa shape index (κ1) is 14.5. The summed E-state index contributed by atoms with van der Waals surface area (Å²) in [4.78, 5) is 26.9. The van der Waals surface area contributed by atoms with Crippen molar-refractivity contribution in [3.8, 4) is 0 Å². The van der Waals surface area contributed by atoms with E-state index < -0.39 is 5.97 Å². The Kier molecular flexibility index (Phi) is 3.27. The molecule has 1 amide bonds. The van der Waals surface area contributed by atoms with Crippen molar-refractivity contribution in [2.75, 3.05) is 6.54 Å². The molecule has 2 aromatic rings. The quantitative estimate of drug-likeness (QED) is 0.937. The highest BCUT2D eigenvalue weighted by Crippen LogP contribution is 2.56. The number of amides is 1. The molecule has 23 heavy (non-hydrogen) atoms. The monoisotopic (exact) mass is 327 g/mol. The highest BCUT2D eigenvalue weighted by atomic mass is 32.1. The van der Waals surface area contributed by atoms with Gasteiger partial charge in [-0.15, -0.1) is 11.3 Å². The Balaban J connectivity index is 1.65. The molecule has 5 heteroatoms. The number of thiophene rings is 1. The molecule has 0 bridgehead atoms. The highest BCUT2D eigenvalue weighted by Gasteiger charge is 2.54. The van der Waals surface area contributed by atoms with Gasteiger partial charge in [-0.3, -0.25) is 4.79 Å². The van der Waals surface area contributed by atoms with Crippen LogP contribution in [0.4, 0.5) is 0 Å². The molecule has 1 aliphatic carbocycles. The first-order valence-corrected chi connectivity index (χ1v) is 8.57. The second kappa shape index (κ2) is 5.20. The van der Waals surface area contributed by atoms with Crippen LogP contribution in [0.3, 0.4) is 0 Å². The lowest BCUT2D eigenvalue weighted by Gasteiger charge is -2.27. The zero-order chi connectivity index (χ0) is 16.1. The Morgan fingerprint density at radius 1 is 1.26 bits per heavy atom. The molecule has 4 nitrogen and oxygen atoms in total. The largest absolute Gasteiger partial charge is 0.477 e. The molecular weight excluding hydrogens is 310 g/mol. The normalized spacial score (nSPS) is 25.3. The number of carboxylic acid groups (broad SMARTS) is 1. The number of hydrogen-bond acceptors (Lipinski definition) is 3. The number of fused-ring (bicyclic) bond motifs is 1. The third kappa shape index (κ3) is 2.36. The number of hydrogen-bond donors (Lipinski definition) is 1. The topological polar surface area (TPSA) is 57.6 Å². The van der Waals surface area contributed by atoms with Crippen LogP contribution in [-0.4, -0.2) is 28.4 Å². The van der Waals surface area contributed by atoms with Crippen LogP contribution in [0, 0.1) is 18.8 Å². The number of carbonyl (C=O) groups is 2. The zero-order valence-corrected chi connectivity index (χ0v) is 13.5. The van der Waals surface area contributed by atoms with Gasteiger partial charge in [0, 0.05) is 6.54 Å². The standard InChI is InChI=1S/C18H17NO3S/c1-10-7-14(23-16(10)18(21)22)17(20)19-9-12-8-13(12)15(19)11-5-3-2-4-6-11/h2-7,12-13,15H,8-9H2,1H3,(H,21,22)/t12-,13-,15-/m0/s1. The van der Waals surface area contributed by atoms with E-state index >= 15 is 0 Å². The van der Waals surface area contributed by atoms with E-state index in [-0.39, 0.29) is 16.8 Å². The van der Waals surface area contributed by atoms with E-state index in [0.717, 1.165) is 17.9 Å². The van der Waals surface area contributed by atoms with Gasteiger partial charge in [-0.2, -0.15) is 0 Å². The minimum Gasteiger partial charge on any atom is -0.477 e. The van der Waals surface area contributed by atoms with Crippen LogP contribution in [-0.2, 0) is 0 Å². The van der Waals surface area contributed by atoms with Crippen molar-refractivity contribution >= 4 is 23.2 Å². The Bertz CT molecular complexity index is 783. The van der Waals surface area contributed by atoms with Crippen molar-refractivity contribution in [2.45, 2.75) is 19.4 Å². The molecule has 118 valence electrons. The maximum absolute atomic E-state index is 12.9. The molecular formula is C18H17NO3S. The van der Waals surface area contributed by atoms with E-state index in [4.69, 9.17) is 0 Å². The maximum atomic E-state index is 12.9. The number of benzene rings is 1. The fourth-order valence-corrected chi connectivity index (χ4v) is 4.66. The zero-order valence-electron chi connectivity index (χ0n) is 12.7. The Labute approximate surface area is 138 Å². The summed E-state index contributed by atoms with van der Waals surface area (Å²) in [6.07, 6.45) is 1.19. The molecule has 1 aliphatic heterocycles. The SMILES string of the molecule is Cc1cc(C(=O)N2C[C@@H]3C[C@@H]3[C@@H]2c2ccccc2)sc1C(=O)O. The minimum atomic E-state index is -0.963. The molecule has 2 fully saturated rings. The molecule has 0 radical (unpaired) electrons. The van der Waals surface area contributed by atoms with Crippen LogP contribution in [0.25, 0.3) is 0 Å². The third-order valence-corrected chi connectivity index (χ3v) is 6.09. The van der Waals surface area contributed by atoms with Gasteiger partial charge in [-0.25, -0.2) is 4.79 Å². The summed E-state index contributed by atoms with van der Waals surface area (Å²) in [6, 6.07) is 12.0. The van der Waals surface area contributed by atoms with Gasteiger partial charge >= 0.3 is 5.97 Å². The van der Waals surface area contributed by atoms with Gasteiger partial charge < -0.3 is 10.0 Å². The van der Waals surface area contributed by atoms with Crippen LogP contribution in [0.2, 0.25) is 0 Å². The van der Waals surface area contributed by atoms with E-state index in [9.17, 15) is 14.7 Å². The Hall–Kier alpha value is -2.14. The number of carbonyl (C=O) groups excluding carboxylic acids is 1. The summed E-state index contributed by atoms with van der Waals surface area (Å²) in [5, 5.41) is 9.19. The number of aromatic carboxylic acids is 1. The number of nitrogens with zero attached hydrogens (tertiary/aromatic N) is 1. The Morgan fingerprint density at radius 2 is 2.00 bits per heavy atom. The van der Waals surface area contributed by atoms with Gasteiger partial charge in [0.1, 0.15) is 4.88 Å². The first-order chi connectivity index (χ1) is 11.1. The molecule has 4 rings (SSSR count). The van der Waals surface area contributed by atoms with E-state index in [1.807, 2.05) is 23.1 Å². The van der Waals surface area contributed by atoms with Crippen LogP contribution in [0.1, 0.15) is 42.9 Å².